The quantitative estimate of drug-likeness (QED) is 0.371. The van der Waals surface area contributed by atoms with E-state index in [9.17, 15) is 0 Å². The largest absolute Gasteiger partial charge is 0.494 e. The molecule has 16 heavy (non-hydrogen) atoms. The number of ether oxygens (including phenoxy) is 1. The van der Waals surface area contributed by atoms with Gasteiger partial charge in [0.2, 0.25) is 0 Å². The summed E-state index contributed by atoms with van der Waals surface area (Å²) in [6.45, 7) is 6.40. The van der Waals surface area contributed by atoms with Crippen LogP contribution in [0.5, 0.6) is 0 Å². The first-order valence-corrected chi connectivity index (χ1v) is 5.79. The molecule has 0 N–H and O–H groups in total. The van der Waals surface area contributed by atoms with E-state index in [2.05, 4.69) is 18.7 Å². The highest BCUT2D eigenvalue weighted by Gasteiger charge is 1.97. The standard InChI is InChI=1S/C15H20O/c1-3-5-7-12-15(4-2)16-13-14-10-8-6-9-11-14/h3-4,6,8-11H,1,5,7,12-13H2,2H3. The minimum absolute atomic E-state index is 0.661. The lowest BCUT2D eigenvalue weighted by atomic mass is 10.2. The third-order valence-corrected chi connectivity index (χ3v) is 2.42. The van der Waals surface area contributed by atoms with Gasteiger partial charge in [0, 0.05) is 6.42 Å². The van der Waals surface area contributed by atoms with Crippen LogP contribution in [0.25, 0.3) is 0 Å². The number of allylic oxidation sites excluding steroid dienone is 3. The van der Waals surface area contributed by atoms with E-state index in [0.29, 0.717) is 6.61 Å². The van der Waals surface area contributed by atoms with Gasteiger partial charge in [-0.05, 0) is 31.4 Å². The molecule has 0 bridgehead atoms. The van der Waals surface area contributed by atoms with Gasteiger partial charge in [-0.2, -0.15) is 0 Å². The average molecular weight is 216 g/mol. The normalized spacial score (nSPS) is 11.2. The Hall–Kier alpha value is -1.50. The zero-order chi connectivity index (χ0) is 11.6. The summed E-state index contributed by atoms with van der Waals surface area (Å²) in [4.78, 5) is 0. The Morgan fingerprint density at radius 3 is 2.69 bits per heavy atom. The molecular weight excluding hydrogens is 196 g/mol. The van der Waals surface area contributed by atoms with Crippen LogP contribution in [0.1, 0.15) is 31.7 Å². The van der Waals surface area contributed by atoms with Gasteiger partial charge in [0.25, 0.3) is 0 Å². The fourth-order valence-corrected chi connectivity index (χ4v) is 1.47. The van der Waals surface area contributed by atoms with Crippen LogP contribution in [-0.4, -0.2) is 0 Å². The van der Waals surface area contributed by atoms with Crippen molar-refractivity contribution >= 4 is 0 Å². The Morgan fingerprint density at radius 1 is 1.31 bits per heavy atom. The molecular formula is C15H20O. The molecule has 1 rings (SSSR count). The van der Waals surface area contributed by atoms with E-state index in [4.69, 9.17) is 4.74 Å². The Kier molecular flexibility index (Phi) is 6.09. The van der Waals surface area contributed by atoms with Gasteiger partial charge in [0.05, 0.1) is 5.76 Å². The van der Waals surface area contributed by atoms with Crippen molar-refractivity contribution in [1.29, 1.82) is 0 Å². The summed E-state index contributed by atoms with van der Waals surface area (Å²) in [5.74, 6) is 1.07. The van der Waals surface area contributed by atoms with Crippen LogP contribution in [0.4, 0.5) is 0 Å². The summed E-state index contributed by atoms with van der Waals surface area (Å²) in [6, 6.07) is 10.2. The van der Waals surface area contributed by atoms with Crippen LogP contribution in [-0.2, 0) is 11.3 Å². The van der Waals surface area contributed by atoms with Crippen molar-refractivity contribution in [3.8, 4) is 0 Å². The van der Waals surface area contributed by atoms with Gasteiger partial charge in [0.15, 0.2) is 0 Å². The van der Waals surface area contributed by atoms with Crippen molar-refractivity contribution in [2.45, 2.75) is 32.8 Å². The monoisotopic (exact) mass is 216 g/mol. The molecule has 1 aromatic rings. The Morgan fingerprint density at radius 2 is 2.06 bits per heavy atom. The number of rotatable bonds is 7. The third kappa shape index (κ3) is 4.83. The molecule has 0 unspecified atom stereocenters. The summed E-state index contributed by atoms with van der Waals surface area (Å²) in [5.41, 5.74) is 1.21. The molecule has 0 aliphatic carbocycles. The van der Waals surface area contributed by atoms with Gasteiger partial charge in [-0.3, -0.25) is 0 Å². The molecule has 0 saturated heterocycles. The van der Waals surface area contributed by atoms with Crippen molar-refractivity contribution in [2.75, 3.05) is 0 Å². The molecule has 1 aromatic carbocycles. The fraction of sp³-hybridized carbons (Fsp3) is 0.333. The van der Waals surface area contributed by atoms with Gasteiger partial charge in [-0.15, -0.1) is 6.58 Å². The van der Waals surface area contributed by atoms with Crippen LogP contribution < -0.4 is 0 Å². The van der Waals surface area contributed by atoms with E-state index in [1.54, 1.807) is 0 Å². The molecule has 0 radical (unpaired) electrons. The molecule has 0 amide bonds. The molecule has 0 aromatic heterocycles. The van der Waals surface area contributed by atoms with Crippen LogP contribution >= 0.6 is 0 Å². The summed E-state index contributed by atoms with van der Waals surface area (Å²) >= 11 is 0. The van der Waals surface area contributed by atoms with Gasteiger partial charge < -0.3 is 4.74 Å². The highest BCUT2D eigenvalue weighted by Crippen LogP contribution is 2.12. The summed E-state index contributed by atoms with van der Waals surface area (Å²) in [6.07, 6.45) is 7.15. The second-order valence-corrected chi connectivity index (χ2v) is 3.71. The lowest BCUT2D eigenvalue weighted by Crippen LogP contribution is -1.93. The van der Waals surface area contributed by atoms with E-state index in [1.807, 2.05) is 37.3 Å². The predicted molar refractivity (Wildman–Crippen MR) is 69.0 cm³/mol. The van der Waals surface area contributed by atoms with Crippen molar-refractivity contribution in [3.63, 3.8) is 0 Å². The van der Waals surface area contributed by atoms with E-state index in [0.717, 1.165) is 25.0 Å². The molecule has 0 spiro atoms. The number of benzene rings is 1. The van der Waals surface area contributed by atoms with Crippen LogP contribution in [0, 0.1) is 0 Å². The molecule has 0 aliphatic rings. The number of unbranched alkanes of at least 4 members (excludes halogenated alkanes) is 1. The third-order valence-electron chi connectivity index (χ3n) is 2.42. The second-order valence-electron chi connectivity index (χ2n) is 3.71. The van der Waals surface area contributed by atoms with Gasteiger partial charge in [0.1, 0.15) is 6.61 Å². The van der Waals surface area contributed by atoms with E-state index in [1.165, 1.54) is 5.56 Å². The lowest BCUT2D eigenvalue weighted by molar-refractivity contribution is 0.187. The fourth-order valence-electron chi connectivity index (χ4n) is 1.47. The van der Waals surface area contributed by atoms with E-state index < -0.39 is 0 Å². The van der Waals surface area contributed by atoms with Gasteiger partial charge in [-0.1, -0.05) is 36.4 Å². The predicted octanol–water partition coefficient (Wildman–Crippen LogP) is 4.46. The van der Waals surface area contributed by atoms with Crippen LogP contribution in [0.2, 0.25) is 0 Å². The molecule has 0 atom stereocenters. The highest BCUT2D eigenvalue weighted by atomic mass is 16.5. The molecule has 1 heteroatoms. The van der Waals surface area contributed by atoms with Crippen molar-refractivity contribution < 1.29 is 4.74 Å². The van der Waals surface area contributed by atoms with Crippen LogP contribution in [0.15, 0.2) is 54.8 Å². The SMILES string of the molecule is C=CCCCC(=CC)OCc1ccccc1. The van der Waals surface area contributed by atoms with Crippen molar-refractivity contribution in [1.82, 2.24) is 0 Å². The number of hydrogen-bond acceptors (Lipinski definition) is 1. The zero-order valence-corrected chi connectivity index (χ0v) is 9.99. The highest BCUT2D eigenvalue weighted by molar-refractivity contribution is 5.13. The Bertz CT molecular complexity index is 325. The van der Waals surface area contributed by atoms with Gasteiger partial charge in [-0.25, -0.2) is 0 Å². The van der Waals surface area contributed by atoms with E-state index in [-0.39, 0.29) is 0 Å². The maximum atomic E-state index is 5.75. The summed E-state index contributed by atoms with van der Waals surface area (Å²) in [5, 5.41) is 0. The first-order chi connectivity index (χ1) is 7.86. The molecule has 0 fully saturated rings. The first kappa shape index (κ1) is 12.6. The molecule has 0 heterocycles. The van der Waals surface area contributed by atoms with Crippen molar-refractivity contribution in [3.05, 3.63) is 60.4 Å². The maximum Gasteiger partial charge on any atom is 0.113 e. The molecule has 1 nitrogen and oxygen atoms in total. The van der Waals surface area contributed by atoms with Crippen LogP contribution in [0.3, 0.4) is 0 Å². The Labute approximate surface area is 98.5 Å². The average Bonchev–Trinajstić information content (AvgIpc) is 2.35. The summed E-state index contributed by atoms with van der Waals surface area (Å²) < 4.78 is 5.75. The summed E-state index contributed by atoms with van der Waals surface area (Å²) in [7, 11) is 0. The zero-order valence-electron chi connectivity index (χ0n) is 9.99. The van der Waals surface area contributed by atoms with E-state index >= 15 is 0 Å². The first-order valence-electron chi connectivity index (χ1n) is 5.79. The van der Waals surface area contributed by atoms with Crippen molar-refractivity contribution in [2.24, 2.45) is 0 Å². The molecule has 0 aliphatic heterocycles. The lowest BCUT2D eigenvalue weighted by Gasteiger charge is -2.09. The smallest absolute Gasteiger partial charge is 0.113 e. The maximum absolute atomic E-state index is 5.75. The number of hydrogen-bond donors (Lipinski definition) is 0. The minimum atomic E-state index is 0.661. The minimum Gasteiger partial charge on any atom is -0.494 e. The molecule has 0 saturated carbocycles. The van der Waals surface area contributed by atoms with Gasteiger partial charge >= 0.3 is 0 Å². The Balaban J connectivity index is 2.32. The topological polar surface area (TPSA) is 9.23 Å². The second kappa shape index (κ2) is 7.75. The molecule has 86 valence electrons.